The van der Waals surface area contributed by atoms with Gasteiger partial charge in [0.25, 0.3) is 0 Å². The van der Waals surface area contributed by atoms with Crippen LogP contribution in [-0.4, -0.2) is 34.8 Å². The molecule has 2 rings (SSSR count). The van der Waals surface area contributed by atoms with Gasteiger partial charge in [-0.25, -0.2) is 0 Å². The molecular formula is C13H18N2O. The lowest BCUT2D eigenvalue weighted by Crippen LogP contribution is -2.32. The predicted molar refractivity (Wildman–Crippen MR) is 66.3 cm³/mol. The van der Waals surface area contributed by atoms with Crippen LogP contribution in [-0.2, 0) is 6.42 Å². The number of H-pyrrole nitrogens is 1. The van der Waals surface area contributed by atoms with Crippen molar-refractivity contribution in [2.24, 2.45) is 0 Å². The summed E-state index contributed by atoms with van der Waals surface area (Å²) >= 11 is 0. The number of hydrogen-bond acceptors (Lipinski definition) is 2. The van der Waals surface area contributed by atoms with Crippen LogP contribution in [0.1, 0.15) is 12.5 Å². The molecule has 1 heterocycles. The number of aromatic amines is 1. The van der Waals surface area contributed by atoms with Crippen LogP contribution in [0.15, 0.2) is 30.5 Å². The fraction of sp³-hybridized carbons (Fsp3) is 0.385. The summed E-state index contributed by atoms with van der Waals surface area (Å²) in [6.07, 6.45) is 2.23. The van der Waals surface area contributed by atoms with E-state index in [4.69, 9.17) is 0 Å². The van der Waals surface area contributed by atoms with Crippen molar-refractivity contribution in [2.75, 3.05) is 13.6 Å². The molecule has 1 unspecified atom stereocenters. The quantitative estimate of drug-likeness (QED) is 0.770. The molecule has 0 saturated heterocycles. The van der Waals surface area contributed by atoms with Crippen LogP contribution in [0.4, 0.5) is 0 Å². The maximum Gasteiger partial charge on any atom is 0.111 e. The molecule has 0 aliphatic carbocycles. The second-order valence-electron chi connectivity index (χ2n) is 4.12. The molecule has 0 spiro atoms. The highest BCUT2D eigenvalue weighted by Crippen LogP contribution is 2.19. The summed E-state index contributed by atoms with van der Waals surface area (Å²) in [6.45, 7) is 2.89. The second-order valence-corrected chi connectivity index (χ2v) is 4.12. The number of aliphatic hydroxyl groups is 1. The number of nitrogens with zero attached hydrogens (tertiary/aromatic N) is 1. The van der Waals surface area contributed by atoms with Gasteiger partial charge in [0, 0.05) is 23.5 Å². The summed E-state index contributed by atoms with van der Waals surface area (Å²) in [5.41, 5.74) is 2.30. The summed E-state index contributed by atoms with van der Waals surface area (Å²) in [5.74, 6) is 0. The van der Waals surface area contributed by atoms with E-state index in [1.54, 1.807) is 0 Å². The monoisotopic (exact) mass is 218 g/mol. The van der Waals surface area contributed by atoms with Gasteiger partial charge >= 0.3 is 0 Å². The maximum atomic E-state index is 9.96. The van der Waals surface area contributed by atoms with Crippen molar-refractivity contribution in [3.8, 4) is 0 Å². The number of aliphatic hydroxyl groups excluding tert-OH is 1. The number of nitrogens with one attached hydrogen (secondary N) is 1. The first-order valence-corrected chi connectivity index (χ1v) is 5.65. The summed E-state index contributed by atoms with van der Waals surface area (Å²) in [5, 5.41) is 11.2. The summed E-state index contributed by atoms with van der Waals surface area (Å²) in [4.78, 5) is 5.15. The minimum Gasteiger partial charge on any atom is -0.378 e. The lowest BCUT2D eigenvalue weighted by molar-refractivity contribution is 0.0269. The Morgan fingerprint density at radius 2 is 2.12 bits per heavy atom. The Morgan fingerprint density at radius 1 is 1.38 bits per heavy atom. The topological polar surface area (TPSA) is 39.3 Å². The molecule has 16 heavy (non-hydrogen) atoms. The van der Waals surface area contributed by atoms with E-state index in [1.807, 2.05) is 37.2 Å². The highest BCUT2D eigenvalue weighted by atomic mass is 16.3. The largest absolute Gasteiger partial charge is 0.378 e. The van der Waals surface area contributed by atoms with Crippen molar-refractivity contribution in [3.63, 3.8) is 0 Å². The number of fused-ring (bicyclic) bond motifs is 1. The minimum absolute atomic E-state index is 0.413. The van der Waals surface area contributed by atoms with Gasteiger partial charge in [-0.2, -0.15) is 0 Å². The van der Waals surface area contributed by atoms with Crippen molar-refractivity contribution in [1.82, 2.24) is 9.88 Å². The van der Waals surface area contributed by atoms with Crippen LogP contribution in [0.5, 0.6) is 0 Å². The Hall–Kier alpha value is -1.32. The Kier molecular flexibility index (Phi) is 3.27. The standard InChI is InChI=1S/C13H18N2O/c1-3-15(2)13(16)8-10-9-14-12-7-5-4-6-11(10)12/h4-7,9,13-14,16H,3,8H2,1-2H3. The first-order valence-electron chi connectivity index (χ1n) is 5.65. The van der Waals surface area contributed by atoms with Gasteiger partial charge < -0.3 is 10.1 Å². The number of likely N-dealkylation sites (N-methyl/N-ethyl adjacent to an activating group) is 1. The maximum absolute atomic E-state index is 9.96. The number of benzene rings is 1. The predicted octanol–water partition coefficient (Wildman–Crippen LogP) is 1.98. The number of hydrogen-bond donors (Lipinski definition) is 2. The molecule has 3 heteroatoms. The van der Waals surface area contributed by atoms with Gasteiger partial charge in [0.2, 0.25) is 0 Å². The van der Waals surface area contributed by atoms with Crippen molar-refractivity contribution in [1.29, 1.82) is 0 Å². The first-order chi connectivity index (χ1) is 7.72. The smallest absolute Gasteiger partial charge is 0.111 e. The van der Waals surface area contributed by atoms with Crippen LogP contribution in [0.2, 0.25) is 0 Å². The van der Waals surface area contributed by atoms with Crippen LogP contribution >= 0.6 is 0 Å². The number of aromatic nitrogens is 1. The van der Waals surface area contributed by atoms with Crippen molar-refractivity contribution in [3.05, 3.63) is 36.0 Å². The zero-order valence-electron chi connectivity index (χ0n) is 9.77. The summed E-state index contributed by atoms with van der Waals surface area (Å²) in [6, 6.07) is 8.17. The molecule has 0 aliphatic rings. The van der Waals surface area contributed by atoms with Crippen molar-refractivity contribution in [2.45, 2.75) is 19.6 Å². The van der Waals surface area contributed by atoms with E-state index in [9.17, 15) is 5.11 Å². The van der Waals surface area contributed by atoms with Gasteiger partial charge in [0.1, 0.15) is 6.23 Å². The molecule has 0 saturated carbocycles. The van der Waals surface area contributed by atoms with Gasteiger partial charge in [-0.05, 0) is 25.2 Å². The molecule has 0 aliphatic heterocycles. The van der Waals surface area contributed by atoms with Crippen LogP contribution < -0.4 is 0 Å². The Bertz CT molecular complexity index is 464. The molecule has 1 aromatic carbocycles. The molecular weight excluding hydrogens is 200 g/mol. The molecule has 1 atom stereocenters. The average molecular weight is 218 g/mol. The van der Waals surface area contributed by atoms with Crippen LogP contribution in [0, 0.1) is 0 Å². The van der Waals surface area contributed by atoms with Gasteiger partial charge in [-0.3, -0.25) is 4.90 Å². The van der Waals surface area contributed by atoms with Gasteiger partial charge in [0.05, 0.1) is 0 Å². The lowest BCUT2D eigenvalue weighted by atomic mass is 10.1. The fourth-order valence-electron chi connectivity index (χ4n) is 1.86. The molecule has 0 radical (unpaired) electrons. The third-order valence-electron chi connectivity index (χ3n) is 3.09. The first kappa shape index (κ1) is 11.2. The summed E-state index contributed by atoms with van der Waals surface area (Å²) < 4.78 is 0. The lowest BCUT2D eigenvalue weighted by Gasteiger charge is -2.21. The normalized spacial score (nSPS) is 13.5. The third kappa shape index (κ3) is 2.10. The Labute approximate surface area is 95.7 Å². The van der Waals surface area contributed by atoms with Gasteiger partial charge in [-0.1, -0.05) is 25.1 Å². The van der Waals surface area contributed by atoms with E-state index < -0.39 is 6.23 Å². The van der Waals surface area contributed by atoms with Crippen molar-refractivity contribution >= 4 is 10.9 Å². The van der Waals surface area contributed by atoms with Crippen LogP contribution in [0.25, 0.3) is 10.9 Å². The van der Waals surface area contributed by atoms with E-state index in [1.165, 1.54) is 10.9 Å². The van der Waals surface area contributed by atoms with E-state index in [-0.39, 0.29) is 0 Å². The summed E-state index contributed by atoms with van der Waals surface area (Å²) in [7, 11) is 1.93. The molecule has 2 N–H and O–H groups in total. The van der Waals surface area contributed by atoms with Crippen molar-refractivity contribution < 1.29 is 5.11 Å². The molecule has 1 aromatic heterocycles. The van der Waals surface area contributed by atoms with E-state index in [2.05, 4.69) is 17.1 Å². The molecule has 0 fully saturated rings. The SMILES string of the molecule is CCN(C)C(O)Cc1c[nH]c2ccccc12. The molecule has 3 nitrogen and oxygen atoms in total. The third-order valence-corrected chi connectivity index (χ3v) is 3.09. The number of rotatable bonds is 4. The molecule has 0 bridgehead atoms. The van der Waals surface area contributed by atoms with Crippen LogP contribution in [0.3, 0.4) is 0 Å². The van der Waals surface area contributed by atoms with Gasteiger partial charge in [0.15, 0.2) is 0 Å². The highest BCUT2D eigenvalue weighted by Gasteiger charge is 2.12. The molecule has 2 aromatic rings. The zero-order chi connectivity index (χ0) is 11.5. The number of para-hydroxylation sites is 1. The minimum atomic E-state index is -0.413. The molecule has 0 amide bonds. The van der Waals surface area contributed by atoms with Gasteiger partial charge in [-0.15, -0.1) is 0 Å². The molecule has 86 valence electrons. The highest BCUT2D eigenvalue weighted by molar-refractivity contribution is 5.83. The average Bonchev–Trinajstić information content (AvgIpc) is 2.72. The second kappa shape index (κ2) is 4.68. The van der Waals surface area contributed by atoms with E-state index in [0.29, 0.717) is 6.42 Å². The Morgan fingerprint density at radius 3 is 2.88 bits per heavy atom. The fourth-order valence-corrected chi connectivity index (χ4v) is 1.86. The van der Waals surface area contributed by atoms with E-state index in [0.717, 1.165) is 12.1 Å². The zero-order valence-corrected chi connectivity index (χ0v) is 9.77. The Balaban J connectivity index is 2.21. The van der Waals surface area contributed by atoms with E-state index >= 15 is 0 Å².